The zero-order valence-corrected chi connectivity index (χ0v) is 11.6. The second-order valence-corrected chi connectivity index (χ2v) is 5.32. The maximum Gasteiger partial charge on any atom is 0.325 e. The molecule has 1 unspecified atom stereocenters. The van der Waals surface area contributed by atoms with Crippen LogP contribution in [0.4, 0.5) is 0 Å². The zero-order chi connectivity index (χ0) is 13.0. The van der Waals surface area contributed by atoms with Crippen LogP contribution >= 0.6 is 22.9 Å². The van der Waals surface area contributed by atoms with Crippen molar-refractivity contribution in [1.82, 2.24) is 5.32 Å². The van der Waals surface area contributed by atoms with E-state index < -0.39 is 11.3 Å². The number of hydrogen-bond donors (Lipinski definition) is 1. The Kier molecular flexibility index (Phi) is 4.58. The van der Waals surface area contributed by atoms with Crippen LogP contribution in [0.2, 0.25) is 0 Å². The fourth-order valence-electron chi connectivity index (χ4n) is 1.71. The quantitative estimate of drug-likeness (QED) is 0.677. The van der Waals surface area contributed by atoms with Gasteiger partial charge in [0.2, 0.25) is 0 Å². The summed E-state index contributed by atoms with van der Waals surface area (Å²) in [5, 5.41) is 5.90. The van der Waals surface area contributed by atoms with E-state index in [9.17, 15) is 4.79 Å². The average molecular weight is 284 g/mol. The SMILES string of the molecule is COC(=O)C(Cl)CNCc1csc2ccccc12. The minimum absolute atomic E-state index is 0.401. The molecule has 1 N–H and O–H groups in total. The number of hydrogen-bond acceptors (Lipinski definition) is 4. The van der Waals surface area contributed by atoms with E-state index in [0.29, 0.717) is 13.1 Å². The van der Waals surface area contributed by atoms with Crippen LogP contribution in [0.1, 0.15) is 5.56 Å². The summed E-state index contributed by atoms with van der Waals surface area (Å²) in [6.07, 6.45) is 0. The third kappa shape index (κ3) is 3.02. The number of rotatable bonds is 5. The number of methoxy groups -OCH3 is 1. The number of carbonyl (C=O) groups excluding carboxylic acids is 1. The van der Waals surface area contributed by atoms with E-state index in [-0.39, 0.29) is 0 Å². The highest BCUT2D eigenvalue weighted by molar-refractivity contribution is 7.17. The van der Waals surface area contributed by atoms with E-state index in [1.54, 1.807) is 11.3 Å². The van der Waals surface area contributed by atoms with Crippen LogP contribution in [0.25, 0.3) is 10.1 Å². The molecule has 0 spiro atoms. The van der Waals surface area contributed by atoms with Crippen molar-refractivity contribution in [2.75, 3.05) is 13.7 Å². The molecule has 5 heteroatoms. The maximum absolute atomic E-state index is 11.1. The molecule has 2 aromatic rings. The molecule has 1 aromatic carbocycles. The first-order valence-corrected chi connectivity index (χ1v) is 6.91. The Labute approximate surface area is 115 Å². The standard InChI is InChI=1S/C13H14ClNO2S/c1-17-13(16)11(14)7-15-6-9-8-18-12-5-3-2-4-10(9)12/h2-5,8,11,15H,6-7H2,1H3. The number of esters is 1. The maximum atomic E-state index is 11.1. The van der Waals surface area contributed by atoms with E-state index in [1.165, 1.54) is 22.8 Å². The summed E-state index contributed by atoms with van der Waals surface area (Å²) in [6.45, 7) is 1.10. The van der Waals surface area contributed by atoms with E-state index >= 15 is 0 Å². The minimum Gasteiger partial charge on any atom is -0.468 e. The van der Waals surface area contributed by atoms with Crippen molar-refractivity contribution in [2.45, 2.75) is 11.9 Å². The van der Waals surface area contributed by atoms with Gasteiger partial charge in [0.1, 0.15) is 5.38 Å². The third-order valence-electron chi connectivity index (χ3n) is 2.66. The molecule has 0 saturated heterocycles. The molecule has 0 radical (unpaired) electrons. The van der Waals surface area contributed by atoms with Crippen LogP contribution in [0, 0.1) is 0 Å². The van der Waals surface area contributed by atoms with Gasteiger partial charge in [-0.1, -0.05) is 18.2 Å². The Hall–Kier alpha value is -1.10. The smallest absolute Gasteiger partial charge is 0.325 e. The van der Waals surface area contributed by atoms with Gasteiger partial charge >= 0.3 is 5.97 Å². The predicted octanol–water partition coefficient (Wildman–Crippen LogP) is 2.77. The number of halogens is 1. The molecule has 0 saturated carbocycles. The summed E-state index contributed by atoms with van der Waals surface area (Å²) in [4.78, 5) is 11.1. The number of fused-ring (bicyclic) bond motifs is 1. The number of benzene rings is 1. The average Bonchev–Trinajstić information content (AvgIpc) is 2.81. The molecule has 0 aliphatic heterocycles. The van der Waals surface area contributed by atoms with E-state index in [0.717, 1.165) is 0 Å². The number of ether oxygens (including phenoxy) is 1. The van der Waals surface area contributed by atoms with E-state index in [1.807, 2.05) is 12.1 Å². The van der Waals surface area contributed by atoms with Crippen molar-refractivity contribution in [3.63, 3.8) is 0 Å². The van der Waals surface area contributed by atoms with Gasteiger partial charge in [0, 0.05) is 17.8 Å². The minimum atomic E-state index is -0.639. The molecule has 0 amide bonds. The van der Waals surface area contributed by atoms with Crippen LogP contribution in [0.5, 0.6) is 0 Å². The lowest BCUT2D eigenvalue weighted by atomic mass is 10.2. The molecule has 1 heterocycles. The van der Waals surface area contributed by atoms with E-state index in [2.05, 4.69) is 27.6 Å². The second-order valence-electron chi connectivity index (χ2n) is 3.88. The molecule has 1 aromatic heterocycles. The lowest BCUT2D eigenvalue weighted by molar-refractivity contribution is -0.140. The lowest BCUT2D eigenvalue weighted by Crippen LogP contribution is -2.29. The van der Waals surface area contributed by atoms with Gasteiger partial charge in [-0.2, -0.15) is 0 Å². The van der Waals surface area contributed by atoms with Crippen molar-refractivity contribution in [3.05, 3.63) is 35.2 Å². The number of carbonyl (C=O) groups is 1. The van der Waals surface area contributed by atoms with Gasteiger partial charge in [-0.25, -0.2) is 0 Å². The van der Waals surface area contributed by atoms with Crippen LogP contribution < -0.4 is 5.32 Å². The predicted molar refractivity (Wildman–Crippen MR) is 75.2 cm³/mol. The van der Waals surface area contributed by atoms with Gasteiger partial charge in [0.25, 0.3) is 0 Å². The fraction of sp³-hybridized carbons (Fsp3) is 0.308. The summed E-state index contributed by atoms with van der Waals surface area (Å²) in [5.74, 6) is -0.403. The molecule has 0 fully saturated rings. The number of nitrogens with one attached hydrogen (secondary N) is 1. The summed E-state index contributed by atoms with van der Waals surface area (Å²) in [7, 11) is 1.34. The Morgan fingerprint density at radius 1 is 1.50 bits per heavy atom. The summed E-state index contributed by atoms with van der Waals surface area (Å²) in [5.41, 5.74) is 1.23. The van der Waals surface area contributed by atoms with E-state index in [4.69, 9.17) is 11.6 Å². The molecule has 0 aliphatic rings. The molecule has 2 rings (SSSR count). The van der Waals surface area contributed by atoms with Crippen molar-refractivity contribution in [2.24, 2.45) is 0 Å². The molecule has 3 nitrogen and oxygen atoms in total. The van der Waals surface area contributed by atoms with Crippen molar-refractivity contribution < 1.29 is 9.53 Å². The summed E-state index contributed by atoms with van der Waals surface area (Å²) >= 11 is 7.57. The third-order valence-corrected chi connectivity index (χ3v) is 4.00. The molecule has 96 valence electrons. The second kappa shape index (κ2) is 6.18. The van der Waals surface area contributed by atoms with Gasteiger partial charge in [0.05, 0.1) is 7.11 Å². The fourth-order valence-corrected chi connectivity index (χ4v) is 2.88. The van der Waals surface area contributed by atoms with Crippen LogP contribution in [0.3, 0.4) is 0 Å². The Bertz CT molecular complexity index is 541. The Balaban J connectivity index is 1.93. The largest absolute Gasteiger partial charge is 0.468 e. The van der Waals surface area contributed by atoms with Crippen LogP contribution in [-0.4, -0.2) is 25.0 Å². The summed E-state index contributed by atoms with van der Waals surface area (Å²) in [6, 6.07) is 8.25. The van der Waals surface area contributed by atoms with Crippen LogP contribution in [0.15, 0.2) is 29.6 Å². The van der Waals surface area contributed by atoms with Gasteiger partial charge < -0.3 is 10.1 Å². The Morgan fingerprint density at radius 3 is 3.06 bits per heavy atom. The molecular formula is C13H14ClNO2S. The number of thiophene rings is 1. The highest BCUT2D eigenvalue weighted by Crippen LogP contribution is 2.25. The zero-order valence-electron chi connectivity index (χ0n) is 9.98. The van der Waals surface area contributed by atoms with Gasteiger partial charge in [0.15, 0.2) is 0 Å². The highest BCUT2D eigenvalue weighted by atomic mass is 35.5. The van der Waals surface area contributed by atoms with Crippen molar-refractivity contribution >= 4 is 39.0 Å². The van der Waals surface area contributed by atoms with Gasteiger partial charge in [-0.3, -0.25) is 4.79 Å². The lowest BCUT2D eigenvalue weighted by Gasteiger charge is -2.08. The topological polar surface area (TPSA) is 38.3 Å². The van der Waals surface area contributed by atoms with Gasteiger partial charge in [-0.05, 0) is 22.4 Å². The van der Waals surface area contributed by atoms with Crippen LogP contribution in [-0.2, 0) is 16.1 Å². The number of alkyl halides is 1. The van der Waals surface area contributed by atoms with Crippen molar-refractivity contribution in [3.8, 4) is 0 Å². The monoisotopic (exact) mass is 283 g/mol. The molecule has 1 atom stereocenters. The first kappa shape index (κ1) is 13.3. The first-order chi connectivity index (χ1) is 8.72. The normalized spacial score (nSPS) is 12.6. The first-order valence-electron chi connectivity index (χ1n) is 5.60. The molecule has 0 aliphatic carbocycles. The summed E-state index contributed by atoms with van der Waals surface area (Å²) < 4.78 is 5.83. The molecule has 0 bridgehead atoms. The highest BCUT2D eigenvalue weighted by Gasteiger charge is 2.14. The van der Waals surface area contributed by atoms with Crippen molar-refractivity contribution in [1.29, 1.82) is 0 Å². The Morgan fingerprint density at radius 2 is 2.28 bits per heavy atom. The molecule has 18 heavy (non-hydrogen) atoms. The van der Waals surface area contributed by atoms with Gasteiger partial charge in [-0.15, -0.1) is 22.9 Å². The molecular weight excluding hydrogens is 270 g/mol.